The van der Waals surface area contributed by atoms with Crippen LogP contribution in [0.1, 0.15) is 32.3 Å². The smallest absolute Gasteiger partial charge is 0.329 e. The van der Waals surface area contributed by atoms with Crippen molar-refractivity contribution in [3.63, 3.8) is 0 Å². The Hall–Kier alpha value is -2.56. The van der Waals surface area contributed by atoms with E-state index >= 15 is 0 Å². The number of para-hydroxylation sites is 1. The van der Waals surface area contributed by atoms with Gasteiger partial charge in [0.15, 0.2) is 0 Å². The first-order chi connectivity index (χ1) is 16.6. The maximum absolute atomic E-state index is 14.7. The third-order valence-electron chi connectivity index (χ3n) is 6.48. The molecule has 3 N–H and O–H groups in total. The Morgan fingerprint density at radius 3 is 2.51 bits per heavy atom. The quantitative estimate of drug-likeness (QED) is 0.465. The number of halogens is 3. The molecule has 0 saturated carbocycles. The zero-order valence-electron chi connectivity index (χ0n) is 19.7. The molecule has 0 unspecified atom stereocenters. The van der Waals surface area contributed by atoms with E-state index in [9.17, 15) is 23.5 Å². The molecular weight excluding hydrogens is 522 g/mol. The number of fused-ring (bicyclic) bond motifs is 1. The van der Waals surface area contributed by atoms with E-state index in [1.54, 1.807) is 6.07 Å². The second-order valence-corrected chi connectivity index (χ2v) is 10.4. The summed E-state index contributed by atoms with van der Waals surface area (Å²) in [5.74, 6) is -1.91. The molecule has 0 aromatic heterocycles. The Kier molecular flexibility index (Phi) is 7.44. The molecule has 1 saturated heterocycles. The highest BCUT2D eigenvalue weighted by atomic mass is 79.9. The van der Waals surface area contributed by atoms with Gasteiger partial charge in [0.2, 0.25) is 0 Å². The summed E-state index contributed by atoms with van der Waals surface area (Å²) in [5.41, 5.74) is -3.34. The van der Waals surface area contributed by atoms with E-state index in [1.165, 1.54) is 18.6 Å². The first kappa shape index (κ1) is 25.5. The summed E-state index contributed by atoms with van der Waals surface area (Å²) in [7, 11) is 0. The number of nitrogens with zero attached hydrogens (tertiary/aromatic N) is 2. The Labute approximate surface area is 211 Å². The highest BCUT2D eigenvalue weighted by molar-refractivity contribution is 9.10. The van der Waals surface area contributed by atoms with Crippen LogP contribution in [0, 0.1) is 23.5 Å². The van der Waals surface area contributed by atoms with Gasteiger partial charge >= 0.3 is 6.03 Å². The van der Waals surface area contributed by atoms with E-state index in [4.69, 9.17) is 0 Å². The molecule has 3 amide bonds. The van der Waals surface area contributed by atoms with Gasteiger partial charge in [-0.25, -0.2) is 18.5 Å². The van der Waals surface area contributed by atoms with E-state index in [1.807, 2.05) is 0 Å². The number of likely N-dealkylation sites (tertiary alicyclic amines) is 1. The molecule has 3 atom stereocenters. The van der Waals surface area contributed by atoms with Crippen LogP contribution in [0.5, 0.6) is 0 Å². The van der Waals surface area contributed by atoms with Crippen molar-refractivity contribution in [2.45, 2.75) is 32.4 Å². The van der Waals surface area contributed by atoms with Gasteiger partial charge in [-0.15, -0.1) is 0 Å². The van der Waals surface area contributed by atoms with Gasteiger partial charge in [0.05, 0.1) is 5.69 Å². The number of hydrogen-bond donors (Lipinski definition) is 3. The van der Waals surface area contributed by atoms with Crippen LogP contribution in [0.25, 0.3) is 0 Å². The molecule has 2 aliphatic heterocycles. The summed E-state index contributed by atoms with van der Waals surface area (Å²) >= 11 is 3.30. The van der Waals surface area contributed by atoms with Crippen LogP contribution in [0.15, 0.2) is 40.9 Å². The molecule has 1 fully saturated rings. The van der Waals surface area contributed by atoms with Crippen LogP contribution in [0.2, 0.25) is 0 Å². The summed E-state index contributed by atoms with van der Waals surface area (Å²) in [6.07, 6.45) is 1.81. The third-order valence-corrected chi connectivity index (χ3v) is 6.98. The van der Waals surface area contributed by atoms with Crippen molar-refractivity contribution >= 4 is 39.2 Å². The minimum Gasteiger partial charge on any atom is -0.359 e. The van der Waals surface area contributed by atoms with Crippen LogP contribution in [0.4, 0.5) is 25.0 Å². The lowest BCUT2D eigenvalue weighted by atomic mass is 9.92. The maximum atomic E-state index is 14.7. The van der Waals surface area contributed by atoms with Gasteiger partial charge < -0.3 is 20.6 Å². The number of rotatable bonds is 6. The van der Waals surface area contributed by atoms with Crippen LogP contribution < -0.4 is 15.5 Å². The SMILES string of the molecule is C[C@@H]1C[C@H](C)CN(CCCNC(=O)[C@@]2(O)c3cc(Br)ccc3NC(=O)N2c2c(F)cccc2F)C1. The monoisotopic (exact) mass is 550 g/mol. The number of anilines is 2. The van der Waals surface area contributed by atoms with Gasteiger partial charge in [0.1, 0.15) is 17.3 Å². The van der Waals surface area contributed by atoms with Gasteiger partial charge in [0, 0.05) is 29.7 Å². The summed E-state index contributed by atoms with van der Waals surface area (Å²) in [4.78, 5) is 29.2. The summed E-state index contributed by atoms with van der Waals surface area (Å²) < 4.78 is 30.0. The number of carbonyl (C=O) groups excluding carboxylic acids is 2. The highest BCUT2D eigenvalue weighted by Crippen LogP contribution is 2.42. The molecule has 4 rings (SSSR count). The van der Waals surface area contributed by atoms with Gasteiger partial charge in [-0.1, -0.05) is 35.8 Å². The molecule has 188 valence electrons. The highest BCUT2D eigenvalue weighted by Gasteiger charge is 2.53. The summed E-state index contributed by atoms with van der Waals surface area (Å²) in [6.45, 7) is 7.41. The zero-order chi connectivity index (χ0) is 25.3. The van der Waals surface area contributed by atoms with Crippen LogP contribution in [-0.4, -0.2) is 48.1 Å². The van der Waals surface area contributed by atoms with Gasteiger partial charge in [-0.2, -0.15) is 0 Å². The minimum atomic E-state index is -2.68. The van der Waals surface area contributed by atoms with Crippen LogP contribution in [0.3, 0.4) is 0 Å². The van der Waals surface area contributed by atoms with Crippen molar-refractivity contribution < 1.29 is 23.5 Å². The predicted octanol–water partition coefficient (Wildman–Crippen LogP) is 4.41. The normalized spacial score (nSPS) is 24.6. The van der Waals surface area contributed by atoms with Crippen LogP contribution >= 0.6 is 15.9 Å². The van der Waals surface area contributed by atoms with E-state index < -0.39 is 35.0 Å². The Morgan fingerprint density at radius 1 is 1.20 bits per heavy atom. The van der Waals surface area contributed by atoms with Gasteiger partial charge in [0.25, 0.3) is 11.6 Å². The Morgan fingerprint density at radius 2 is 1.86 bits per heavy atom. The molecule has 0 bridgehead atoms. The minimum absolute atomic E-state index is 0.00897. The molecule has 2 aromatic carbocycles. The number of aliphatic hydroxyl groups is 1. The van der Waals surface area contributed by atoms with E-state index in [2.05, 4.69) is 45.3 Å². The number of piperidine rings is 1. The van der Waals surface area contributed by atoms with E-state index in [0.29, 0.717) is 27.6 Å². The lowest BCUT2D eigenvalue weighted by Crippen LogP contribution is -2.63. The second-order valence-electron chi connectivity index (χ2n) is 9.51. The second kappa shape index (κ2) is 10.2. The average molecular weight is 551 g/mol. The molecular formula is C25H29BrF2N4O3. The van der Waals surface area contributed by atoms with Gasteiger partial charge in [-0.05, 0) is 61.6 Å². The molecule has 2 heterocycles. The molecule has 10 heteroatoms. The predicted molar refractivity (Wildman–Crippen MR) is 133 cm³/mol. The topological polar surface area (TPSA) is 84.9 Å². The van der Waals surface area contributed by atoms with Gasteiger partial charge in [-0.3, -0.25) is 4.79 Å². The molecule has 7 nitrogen and oxygen atoms in total. The van der Waals surface area contributed by atoms with Crippen LogP contribution in [-0.2, 0) is 10.5 Å². The number of benzene rings is 2. The molecule has 2 aliphatic rings. The van der Waals surface area contributed by atoms with Crippen molar-refractivity contribution in [1.29, 1.82) is 0 Å². The largest absolute Gasteiger partial charge is 0.359 e. The Bertz CT molecular complexity index is 1100. The first-order valence-corrected chi connectivity index (χ1v) is 12.5. The molecule has 35 heavy (non-hydrogen) atoms. The molecule has 0 aliphatic carbocycles. The fourth-order valence-electron chi connectivity index (χ4n) is 5.14. The zero-order valence-corrected chi connectivity index (χ0v) is 21.2. The van der Waals surface area contributed by atoms with Crippen molar-refractivity contribution in [3.8, 4) is 0 Å². The number of urea groups is 1. The summed E-state index contributed by atoms with van der Waals surface area (Å²) in [6, 6.07) is 6.60. The first-order valence-electron chi connectivity index (χ1n) is 11.7. The number of carbonyl (C=O) groups is 2. The lowest BCUT2D eigenvalue weighted by molar-refractivity contribution is -0.140. The summed E-state index contributed by atoms with van der Waals surface area (Å²) in [5, 5.41) is 16.9. The maximum Gasteiger partial charge on any atom is 0.329 e. The van der Waals surface area contributed by atoms with E-state index in [0.717, 1.165) is 37.8 Å². The molecule has 0 radical (unpaired) electrons. The fourth-order valence-corrected chi connectivity index (χ4v) is 5.51. The number of amides is 3. The van der Waals surface area contributed by atoms with E-state index in [-0.39, 0.29) is 17.8 Å². The van der Waals surface area contributed by atoms with Crippen molar-refractivity contribution in [3.05, 3.63) is 58.1 Å². The number of hydrogen-bond acceptors (Lipinski definition) is 4. The average Bonchev–Trinajstić information content (AvgIpc) is 2.78. The third kappa shape index (κ3) is 5.05. The van der Waals surface area contributed by atoms with Crippen molar-refractivity contribution in [2.24, 2.45) is 11.8 Å². The molecule has 0 spiro atoms. The van der Waals surface area contributed by atoms with Crippen molar-refractivity contribution in [1.82, 2.24) is 10.2 Å². The Balaban J connectivity index is 1.60. The van der Waals surface area contributed by atoms with Crippen molar-refractivity contribution in [2.75, 3.05) is 36.4 Å². The number of nitrogens with one attached hydrogen (secondary N) is 2. The molecule has 2 aromatic rings. The lowest BCUT2D eigenvalue weighted by Gasteiger charge is -2.42. The standard InChI is InChI=1S/C25H29BrF2N4O3/c1-15-11-16(2)14-31(13-15)10-4-9-29-23(33)25(35)18-12-17(26)7-8-21(18)30-24(34)32(25)22-19(27)5-3-6-20(22)28/h3,5-8,12,15-16,35H,4,9-11,13-14H2,1-2H3,(H,29,33)(H,30,34)/t15-,16+,25-/m0/s1. The fraction of sp³-hybridized carbons (Fsp3) is 0.440.